The molecule has 0 aromatic rings. The number of hydrogen-bond acceptors (Lipinski definition) is 3. The lowest BCUT2D eigenvalue weighted by Gasteiger charge is -2.46. The van der Waals surface area contributed by atoms with E-state index in [1.807, 2.05) is 0 Å². The molecule has 0 amide bonds. The Morgan fingerprint density at radius 3 is 2.40 bits per heavy atom. The fraction of sp³-hybridized carbons (Fsp3) is 1.00. The SMILES string of the molecule is OC1(CCN2OC3CCC2CC3)CCC1. The zero-order valence-electron chi connectivity index (χ0n) is 9.32. The molecule has 2 heterocycles. The van der Waals surface area contributed by atoms with Crippen LogP contribution in [0.5, 0.6) is 0 Å². The van der Waals surface area contributed by atoms with E-state index in [2.05, 4.69) is 5.06 Å². The summed E-state index contributed by atoms with van der Waals surface area (Å²) in [4.78, 5) is 5.87. The first-order valence-corrected chi connectivity index (χ1v) is 6.41. The normalized spacial score (nSPS) is 39.0. The predicted octanol–water partition coefficient (Wildman–Crippen LogP) is 1.85. The van der Waals surface area contributed by atoms with E-state index in [1.54, 1.807) is 0 Å². The van der Waals surface area contributed by atoms with Crippen LogP contribution in [0, 0.1) is 0 Å². The van der Waals surface area contributed by atoms with Crippen LogP contribution in [-0.2, 0) is 4.84 Å². The molecule has 4 aliphatic rings. The van der Waals surface area contributed by atoms with Crippen molar-refractivity contribution in [2.45, 2.75) is 69.1 Å². The summed E-state index contributed by atoms with van der Waals surface area (Å²) in [7, 11) is 0. The van der Waals surface area contributed by atoms with Crippen molar-refractivity contribution in [3.05, 3.63) is 0 Å². The third-order valence-corrected chi connectivity index (χ3v) is 4.42. The van der Waals surface area contributed by atoms with Crippen molar-refractivity contribution in [1.29, 1.82) is 0 Å². The van der Waals surface area contributed by atoms with Crippen LogP contribution in [0.1, 0.15) is 51.4 Å². The minimum atomic E-state index is -0.347. The second-order valence-electron chi connectivity index (χ2n) is 5.50. The van der Waals surface area contributed by atoms with Gasteiger partial charge in [0.2, 0.25) is 0 Å². The first kappa shape index (κ1) is 10.1. The molecule has 2 saturated carbocycles. The molecule has 2 aliphatic carbocycles. The molecule has 0 spiro atoms. The van der Waals surface area contributed by atoms with Crippen molar-refractivity contribution in [2.75, 3.05) is 6.54 Å². The largest absolute Gasteiger partial charge is 0.390 e. The summed E-state index contributed by atoms with van der Waals surface area (Å²) in [6.45, 7) is 0.928. The lowest BCUT2D eigenvalue weighted by atomic mass is 9.77. The Labute approximate surface area is 91.4 Å². The Morgan fingerprint density at radius 1 is 1.20 bits per heavy atom. The average Bonchev–Trinajstić information content (AvgIpc) is 2.25. The summed E-state index contributed by atoms with van der Waals surface area (Å²) >= 11 is 0. The summed E-state index contributed by atoms with van der Waals surface area (Å²) in [5.74, 6) is 0. The van der Waals surface area contributed by atoms with Crippen LogP contribution in [0.2, 0.25) is 0 Å². The van der Waals surface area contributed by atoms with Gasteiger partial charge in [-0.25, -0.2) is 0 Å². The average molecular weight is 211 g/mol. The van der Waals surface area contributed by atoms with Gasteiger partial charge >= 0.3 is 0 Å². The van der Waals surface area contributed by atoms with Crippen molar-refractivity contribution in [3.8, 4) is 0 Å². The maximum absolute atomic E-state index is 10.0. The summed E-state index contributed by atoms with van der Waals surface area (Å²) in [5.41, 5.74) is -0.347. The van der Waals surface area contributed by atoms with Crippen LogP contribution in [0.3, 0.4) is 0 Å². The van der Waals surface area contributed by atoms with Crippen LogP contribution in [0.15, 0.2) is 0 Å². The zero-order valence-corrected chi connectivity index (χ0v) is 9.32. The summed E-state index contributed by atoms with van der Waals surface area (Å²) in [6.07, 6.45) is 9.64. The van der Waals surface area contributed by atoms with Gasteiger partial charge in [0.05, 0.1) is 11.7 Å². The molecule has 15 heavy (non-hydrogen) atoms. The van der Waals surface area contributed by atoms with Crippen LogP contribution in [0.25, 0.3) is 0 Å². The fourth-order valence-electron chi connectivity index (χ4n) is 3.10. The highest BCUT2D eigenvalue weighted by Crippen LogP contribution is 2.37. The molecule has 86 valence electrons. The van der Waals surface area contributed by atoms with Gasteiger partial charge in [-0.15, -0.1) is 0 Å². The molecule has 0 radical (unpaired) electrons. The third kappa shape index (κ3) is 1.93. The van der Waals surface area contributed by atoms with E-state index < -0.39 is 0 Å². The van der Waals surface area contributed by atoms with Gasteiger partial charge in [0, 0.05) is 12.6 Å². The van der Waals surface area contributed by atoms with E-state index in [4.69, 9.17) is 4.84 Å². The Morgan fingerprint density at radius 2 is 1.93 bits per heavy atom. The molecule has 0 aromatic carbocycles. The molecule has 2 saturated heterocycles. The molecule has 3 nitrogen and oxygen atoms in total. The van der Waals surface area contributed by atoms with Crippen LogP contribution < -0.4 is 0 Å². The van der Waals surface area contributed by atoms with Crippen molar-refractivity contribution >= 4 is 0 Å². The first-order chi connectivity index (χ1) is 7.25. The molecule has 2 bridgehead atoms. The van der Waals surface area contributed by atoms with Crippen molar-refractivity contribution in [1.82, 2.24) is 5.06 Å². The number of rotatable bonds is 3. The number of fused-ring (bicyclic) bond motifs is 3. The van der Waals surface area contributed by atoms with Gasteiger partial charge in [0.15, 0.2) is 0 Å². The lowest BCUT2D eigenvalue weighted by Crippen LogP contribution is -2.51. The van der Waals surface area contributed by atoms with Gasteiger partial charge in [-0.3, -0.25) is 4.84 Å². The van der Waals surface area contributed by atoms with Gasteiger partial charge in [-0.2, -0.15) is 5.06 Å². The van der Waals surface area contributed by atoms with Crippen LogP contribution >= 0.6 is 0 Å². The number of nitrogens with zero attached hydrogens (tertiary/aromatic N) is 1. The second-order valence-corrected chi connectivity index (χ2v) is 5.50. The fourth-order valence-corrected chi connectivity index (χ4v) is 3.10. The van der Waals surface area contributed by atoms with E-state index in [-0.39, 0.29) is 5.60 Å². The Kier molecular flexibility index (Phi) is 2.49. The topological polar surface area (TPSA) is 32.7 Å². The Hall–Kier alpha value is -0.120. The van der Waals surface area contributed by atoms with Crippen LogP contribution in [0.4, 0.5) is 0 Å². The van der Waals surface area contributed by atoms with Gasteiger partial charge < -0.3 is 5.11 Å². The molecule has 0 atom stereocenters. The van der Waals surface area contributed by atoms with Crippen LogP contribution in [-0.4, -0.2) is 34.5 Å². The molecular formula is C12H21NO2. The number of hydrogen-bond donors (Lipinski definition) is 1. The summed E-state index contributed by atoms with van der Waals surface area (Å²) in [5, 5.41) is 12.2. The Balaban J connectivity index is 1.51. The van der Waals surface area contributed by atoms with Gasteiger partial charge in [-0.1, -0.05) is 0 Å². The zero-order chi connectivity index (χ0) is 10.3. The highest BCUT2D eigenvalue weighted by atomic mass is 16.7. The molecule has 1 N–H and O–H groups in total. The number of hydroxylamine groups is 2. The minimum Gasteiger partial charge on any atom is -0.390 e. The van der Waals surface area contributed by atoms with Crippen molar-refractivity contribution in [2.24, 2.45) is 0 Å². The molecule has 0 aromatic heterocycles. The summed E-state index contributed by atoms with van der Waals surface area (Å²) in [6, 6.07) is 0.638. The predicted molar refractivity (Wildman–Crippen MR) is 57.3 cm³/mol. The van der Waals surface area contributed by atoms with E-state index in [0.29, 0.717) is 12.1 Å². The molecule has 0 unspecified atom stereocenters. The van der Waals surface area contributed by atoms with E-state index in [9.17, 15) is 5.11 Å². The summed E-state index contributed by atoms with van der Waals surface area (Å²) < 4.78 is 0. The smallest absolute Gasteiger partial charge is 0.0794 e. The maximum Gasteiger partial charge on any atom is 0.0794 e. The van der Waals surface area contributed by atoms with Crippen molar-refractivity contribution < 1.29 is 9.94 Å². The van der Waals surface area contributed by atoms with Crippen molar-refractivity contribution in [3.63, 3.8) is 0 Å². The van der Waals surface area contributed by atoms with E-state index in [1.165, 1.54) is 32.1 Å². The first-order valence-electron chi connectivity index (χ1n) is 6.41. The molecule has 4 fully saturated rings. The lowest BCUT2D eigenvalue weighted by molar-refractivity contribution is -0.280. The monoisotopic (exact) mass is 211 g/mol. The highest BCUT2D eigenvalue weighted by molar-refractivity contribution is 4.89. The Bertz CT molecular complexity index is 232. The standard InChI is InChI=1S/C12H21NO2/c14-12(6-1-7-12)8-9-13-10-2-4-11(15-13)5-3-10/h10-11,14H,1-9H2. The quantitative estimate of drug-likeness (QED) is 0.773. The van der Waals surface area contributed by atoms with Gasteiger partial charge in [0.25, 0.3) is 0 Å². The molecule has 4 rings (SSSR count). The molecular weight excluding hydrogens is 190 g/mol. The second kappa shape index (κ2) is 3.72. The van der Waals surface area contributed by atoms with Gasteiger partial charge in [0.1, 0.15) is 0 Å². The maximum atomic E-state index is 10.0. The molecule has 2 aliphatic heterocycles. The molecule has 3 heteroatoms. The van der Waals surface area contributed by atoms with E-state index in [0.717, 1.165) is 25.8 Å². The number of aliphatic hydroxyl groups is 1. The van der Waals surface area contributed by atoms with Gasteiger partial charge in [-0.05, 0) is 51.4 Å². The minimum absolute atomic E-state index is 0.347. The third-order valence-electron chi connectivity index (χ3n) is 4.42. The highest BCUT2D eigenvalue weighted by Gasteiger charge is 2.38. The van der Waals surface area contributed by atoms with E-state index >= 15 is 0 Å².